The van der Waals surface area contributed by atoms with Crippen LogP contribution in [0, 0.1) is 6.92 Å². The Morgan fingerprint density at radius 2 is 2.00 bits per heavy atom. The third-order valence-corrected chi connectivity index (χ3v) is 5.81. The Balaban J connectivity index is 1.52. The van der Waals surface area contributed by atoms with Crippen LogP contribution in [-0.4, -0.2) is 31.6 Å². The van der Waals surface area contributed by atoms with Crippen LogP contribution >= 0.6 is 11.8 Å². The van der Waals surface area contributed by atoms with Crippen molar-refractivity contribution in [3.8, 4) is 11.4 Å². The topological polar surface area (TPSA) is 85.8 Å². The van der Waals surface area contributed by atoms with Crippen LogP contribution in [-0.2, 0) is 4.79 Å². The van der Waals surface area contributed by atoms with Crippen molar-refractivity contribution in [1.29, 1.82) is 0 Å². The highest BCUT2D eigenvalue weighted by Gasteiger charge is 2.24. The number of hydrogen-bond donors (Lipinski definition) is 1. The van der Waals surface area contributed by atoms with E-state index in [1.54, 1.807) is 13.0 Å². The minimum Gasteiger partial charge on any atom is -0.360 e. The first kappa shape index (κ1) is 18.7. The molecule has 0 aliphatic heterocycles. The third kappa shape index (κ3) is 4.27. The first-order chi connectivity index (χ1) is 13.7. The molecule has 8 heteroatoms. The lowest BCUT2D eigenvalue weighted by atomic mass is 9.95. The second-order valence-corrected chi connectivity index (χ2v) is 7.94. The highest BCUT2D eigenvalue weighted by Crippen LogP contribution is 2.35. The number of carbonyl (C=O) groups excluding carboxylic acids is 1. The smallest absolute Gasteiger partial charge is 0.236 e. The normalized spacial score (nSPS) is 14.9. The number of nitrogens with one attached hydrogen (secondary N) is 1. The van der Waals surface area contributed by atoms with Crippen molar-refractivity contribution >= 4 is 23.5 Å². The fraction of sp³-hybridized carbons (Fsp3) is 0.400. The molecule has 4 rings (SSSR count). The first-order valence-corrected chi connectivity index (χ1v) is 10.6. The molecule has 2 aromatic heterocycles. The van der Waals surface area contributed by atoms with E-state index in [4.69, 9.17) is 4.52 Å². The number of rotatable bonds is 6. The molecule has 1 fully saturated rings. The number of thioether (sulfide) groups is 1. The number of aromatic nitrogens is 4. The van der Waals surface area contributed by atoms with E-state index in [0.717, 1.165) is 29.4 Å². The molecule has 1 aliphatic rings. The Bertz CT molecular complexity index is 931. The summed E-state index contributed by atoms with van der Waals surface area (Å²) in [6.45, 7) is 1.79. The fourth-order valence-electron chi connectivity index (χ4n) is 3.56. The molecule has 0 radical (unpaired) electrons. The summed E-state index contributed by atoms with van der Waals surface area (Å²) >= 11 is 1.41. The molecule has 2 heterocycles. The van der Waals surface area contributed by atoms with Crippen molar-refractivity contribution in [2.75, 3.05) is 11.1 Å². The Kier molecular flexibility index (Phi) is 5.76. The molecule has 3 aromatic rings. The van der Waals surface area contributed by atoms with Crippen LogP contribution in [0.15, 0.2) is 46.1 Å². The van der Waals surface area contributed by atoms with E-state index < -0.39 is 0 Å². The molecule has 1 amide bonds. The van der Waals surface area contributed by atoms with Gasteiger partial charge in [-0.3, -0.25) is 9.36 Å². The number of amides is 1. The van der Waals surface area contributed by atoms with Gasteiger partial charge in [0.25, 0.3) is 0 Å². The Labute approximate surface area is 167 Å². The monoisotopic (exact) mass is 397 g/mol. The molecule has 0 bridgehead atoms. The van der Waals surface area contributed by atoms with Crippen molar-refractivity contribution in [2.45, 2.75) is 50.2 Å². The molecule has 1 aromatic carbocycles. The van der Waals surface area contributed by atoms with Gasteiger partial charge in [-0.15, -0.1) is 10.2 Å². The van der Waals surface area contributed by atoms with E-state index in [-0.39, 0.29) is 11.7 Å². The Morgan fingerprint density at radius 3 is 2.71 bits per heavy atom. The van der Waals surface area contributed by atoms with E-state index in [2.05, 4.69) is 37.4 Å². The maximum atomic E-state index is 12.3. The zero-order valence-corrected chi connectivity index (χ0v) is 16.6. The van der Waals surface area contributed by atoms with Gasteiger partial charge in [0.15, 0.2) is 16.8 Å². The molecule has 1 N–H and O–H groups in total. The van der Waals surface area contributed by atoms with Crippen molar-refractivity contribution in [2.24, 2.45) is 0 Å². The summed E-state index contributed by atoms with van der Waals surface area (Å²) in [7, 11) is 0. The molecule has 0 atom stereocenters. The summed E-state index contributed by atoms with van der Waals surface area (Å²) in [6, 6.07) is 12.2. The van der Waals surface area contributed by atoms with Crippen LogP contribution in [0.4, 0.5) is 5.82 Å². The maximum Gasteiger partial charge on any atom is 0.236 e. The average molecular weight is 398 g/mol. The van der Waals surface area contributed by atoms with Gasteiger partial charge in [-0.1, -0.05) is 66.5 Å². The molecular weight excluding hydrogens is 374 g/mol. The molecule has 0 unspecified atom stereocenters. The summed E-state index contributed by atoms with van der Waals surface area (Å²) < 4.78 is 7.21. The predicted molar refractivity (Wildman–Crippen MR) is 108 cm³/mol. The van der Waals surface area contributed by atoms with Crippen molar-refractivity contribution in [3.63, 3.8) is 0 Å². The summed E-state index contributed by atoms with van der Waals surface area (Å²) in [4.78, 5) is 12.3. The van der Waals surface area contributed by atoms with E-state index in [1.807, 2.05) is 18.2 Å². The van der Waals surface area contributed by atoms with Crippen LogP contribution < -0.4 is 5.32 Å². The van der Waals surface area contributed by atoms with Crippen LogP contribution in [0.25, 0.3) is 11.4 Å². The minimum atomic E-state index is -0.141. The van der Waals surface area contributed by atoms with E-state index in [9.17, 15) is 4.79 Å². The number of carbonyl (C=O) groups is 1. The lowest BCUT2D eigenvalue weighted by Gasteiger charge is -2.25. The lowest BCUT2D eigenvalue weighted by Crippen LogP contribution is -2.17. The number of nitrogens with zero attached hydrogens (tertiary/aromatic N) is 4. The Morgan fingerprint density at radius 1 is 1.21 bits per heavy atom. The summed E-state index contributed by atoms with van der Waals surface area (Å²) in [5.74, 6) is 2.07. The second kappa shape index (κ2) is 8.60. The lowest BCUT2D eigenvalue weighted by molar-refractivity contribution is -0.113. The van der Waals surface area contributed by atoms with E-state index >= 15 is 0 Å². The average Bonchev–Trinajstić information content (AvgIpc) is 3.33. The number of anilines is 1. The number of benzene rings is 1. The quantitative estimate of drug-likeness (QED) is 0.617. The van der Waals surface area contributed by atoms with Gasteiger partial charge in [0.2, 0.25) is 5.91 Å². The summed E-state index contributed by atoms with van der Waals surface area (Å²) in [5.41, 5.74) is 1.05. The van der Waals surface area contributed by atoms with Gasteiger partial charge < -0.3 is 9.84 Å². The second-order valence-electron chi connectivity index (χ2n) is 6.99. The highest BCUT2D eigenvalue weighted by molar-refractivity contribution is 7.99. The molecule has 7 nitrogen and oxygen atoms in total. The standard InChI is InChI=1S/C20H23N5O2S/c1-14-12-17(24-27-14)21-18(26)13-28-20-23-22-19(15-8-4-2-5-9-15)25(20)16-10-6-3-7-11-16/h2,4-5,8-9,12,16H,3,6-7,10-11,13H2,1H3,(H,21,24,26). The van der Waals surface area contributed by atoms with Gasteiger partial charge in [0.05, 0.1) is 5.75 Å². The van der Waals surface area contributed by atoms with Gasteiger partial charge >= 0.3 is 0 Å². The Hall–Kier alpha value is -2.61. The highest BCUT2D eigenvalue weighted by atomic mass is 32.2. The largest absolute Gasteiger partial charge is 0.360 e. The SMILES string of the molecule is Cc1cc(NC(=O)CSc2nnc(-c3ccccc3)n2C2CCCCC2)no1. The fourth-order valence-corrected chi connectivity index (χ4v) is 4.37. The van der Waals surface area contributed by atoms with Gasteiger partial charge in [-0.2, -0.15) is 0 Å². The molecule has 1 aliphatic carbocycles. The molecule has 0 saturated heterocycles. The van der Waals surface area contributed by atoms with Crippen LogP contribution in [0.5, 0.6) is 0 Å². The van der Waals surface area contributed by atoms with Gasteiger partial charge in [-0.25, -0.2) is 0 Å². The molecule has 28 heavy (non-hydrogen) atoms. The maximum absolute atomic E-state index is 12.3. The van der Waals surface area contributed by atoms with Crippen molar-refractivity contribution < 1.29 is 9.32 Å². The van der Waals surface area contributed by atoms with Crippen molar-refractivity contribution in [3.05, 3.63) is 42.2 Å². The van der Waals surface area contributed by atoms with E-state index in [0.29, 0.717) is 17.6 Å². The zero-order chi connectivity index (χ0) is 19.3. The predicted octanol–water partition coefficient (Wildman–Crippen LogP) is 4.48. The van der Waals surface area contributed by atoms with Crippen molar-refractivity contribution in [1.82, 2.24) is 19.9 Å². The van der Waals surface area contributed by atoms with Gasteiger partial charge in [0.1, 0.15) is 5.76 Å². The molecule has 0 spiro atoms. The van der Waals surface area contributed by atoms with Crippen LogP contribution in [0.2, 0.25) is 0 Å². The molecule has 1 saturated carbocycles. The third-order valence-electron chi connectivity index (χ3n) is 4.86. The van der Waals surface area contributed by atoms with E-state index in [1.165, 1.54) is 31.0 Å². The zero-order valence-electron chi connectivity index (χ0n) is 15.8. The van der Waals surface area contributed by atoms with Crippen LogP contribution in [0.1, 0.15) is 43.9 Å². The minimum absolute atomic E-state index is 0.141. The van der Waals surface area contributed by atoms with Gasteiger partial charge in [-0.05, 0) is 19.8 Å². The van der Waals surface area contributed by atoms with Gasteiger partial charge in [0, 0.05) is 17.7 Å². The summed E-state index contributed by atoms with van der Waals surface area (Å²) in [5, 5.41) is 16.2. The molecule has 146 valence electrons. The number of aryl methyl sites for hydroxylation is 1. The molecular formula is C20H23N5O2S. The first-order valence-electron chi connectivity index (χ1n) is 9.57. The number of hydrogen-bond acceptors (Lipinski definition) is 6. The summed E-state index contributed by atoms with van der Waals surface area (Å²) in [6.07, 6.45) is 5.95. The van der Waals surface area contributed by atoms with Crippen LogP contribution in [0.3, 0.4) is 0 Å².